The Kier molecular flexibility index (Phi) is 4.45. The number of aryl methyl sites for hydroxylation is 1. The van der Waals surface area contributed by atoms with Gasteiger partial charge in [-0.1, -0.05) is 6.07 Å². The van der Waals surface area contributed by atoms with Crippen molar-refractivity contribution in [2.75, 3.05) is 18.1 Å². The Morgan fingerprint density at radius 3 is 2.59 bits per heavy atom. The Morgan fingerprint density at radius 1 is 1.47 bits per heavy atom. The van der Waals surface area contributed by atoms with E-state index < -0.39 is 0 Å². The molecule has 1 aromatic carbocycles. The second-order valence-electron chi connectivity index (χ2n) is 4.26. The Balaban J connectivity index is 3.22. The Hall–Kier alpha value is -1.62. The van der Waals surface area contributed by atoms with Crippen LogP contribution in [0.5, 0.6) is 0 Å². The average molecular weight is 238 g/mol. The van der Waals surface area contributed by atoms with Crippen molar-refractivity contribution in [3.63, 3.8) is 0 Å². The molecule has 0 radical (unpaired) electrons. The highest BCUT2D eigenvalue weighted by atomic mass is 16.6. The van der Waals surface area contributed by atoms with Gasteiger partial charge < -0.3 is 10.0 Å². The van der Waals surface area contributed by atoms with Crippen LogP contribution in [0.1, 0.15) is 19.4 Å². The van der Waals surface area contributed by atoms with E-state index >= 15 is 0 Å². The summed E-state index contributed by atoms with van der Waals surface area (Å²) in [5.41, 5.74) is 1.50. The summed E-state index contributed by atoms with van der Waals surface area (Å²) in [6, 6.07) is 5.24. The van der Waals surface area contributed by atoms with Crippen LogP contribution in [0.4, 0.5) is 11.4 Å². The highest BCUT2D eigenvalue weighted by Crippen LogP contribution is 2.30. The van der Waals surface area contributed by atoms with Crippen molar-refractivity contribution in [3.05, 3.63) is 33.9 Å². The normalized spacial score (nSPS) is 10.6. The number of aliphatic hydroxyl groups is 1. The van der Waals surface area contributed by atoms with Crippen molar-refractivity contribution in [1.29, 1.82) is 0 Å². The molecule has 0 aliphatic rings. The summed E-state index contributed by atoms with van der Waals surface area (Å²) >= 11 is 0. The lowest BCUT2D eigenvalue weighted by Gasteiger charge is -2.27. The van der Waals surface area contributed by atoms with E-state index in [0.717, 1.165) is 5.56 Å². The molecule has 0 saturated carbocycles. The van der Waals surface area contributed by atoms with Crippen LogP contribution < -0.4 is 4.90 Å². The van der Waals surface area contributed by atoms with Gasteiger partial charge in [-0.05, 0) is 32.4 Å². The van der Waals surface area contributed by atoms with E-state index in [1.807, 2.05) is 31.7 Å². The van der Waals surface area contributed by atoms with E-state index in [0.29, 0.717) is 12.2 Å². The molecule has 17 heavy (non-hydrogen) atoms. The van der Waals surface area contributed by atoms with Crippen LogP contribution in [-0.4, -0.2) is 29.2 Å². The van der Waals surface area contributed by atoms with Crippen LogP contribution in [0.3, 0.4) is 0 Å². The van der Waals surface area contributed by atoms with E-state index in [-0.39, 0.29) is 23.3 Å². The second kappa shape index (κ2) is 5.63. The minimum absolute atomic E-state index is 0.0246. The summed E-state index contributed by atoms with van der Waals surface area (Å²) < 4.78 is 0. The summed E-state index contributed by atoms with van der Waals surface area (Å²) in [7, 11) is 0. The third-order valence-corrected chi connectivity index (χ3v) is 2.60. The number of hydrogen-bond acceptors (Lipinski definition) is 4. The first-order chi connectivity index (χ1) is 7.97. The first-order valence-corrected chi connectivity index (χ1v) is 5.60. The first kappa shape index (κ1) is 13.4. The van der Waals surface area contributed by atoms with Crippen LogP contribution in [0.25, 0.3) is 0 Å². The van der Waals surface area contributed by atoms with Crippen LogP contribution >= 0.6 is 0 Å². The fourth-order valence-corrected chi connectivity index (χ4v) is 1.79. The quantitative estimate of drug-likeness (QED) is 0.630. The van der Waals surface area contributed by atoms with Gasteiger partial charge in [0.05, 0.1) is 11.5 Å². The standard InChI is InChI=1S/C12H18N2O3/c1-9(2)13(6-7-15)11-5-4-10(3)8-12(11)14(16)17/h4-5,8-9,15H,6-7H2,1-3H3. The predicted molar refractivity (Wildman–Crippen MR) is 67.4 cm³/mol. The number of hydrogen-bond donors (Lipinski definition) is 1. The van der Waals surface area contributed by atoms with Gasteiger partial charge in [0, 0.05) is 18.7 Å². The van der Waals surface area contributed by atoms with E-state index in [4.69, 9.17) is 5.11 Å². The number of nitro groups is 1. The Labute approximate surface area is 101 Å². The molecule has 0 saturated heterocycles. The maximum absolute atomic E-state index is 11.0. The molecule has 0 heterocycles. The van der Waals surface area contributed by atoms with Gasteiger partial charge in [-0.2, -0.15) is 0 Å². The molecule has 0 amide bonds. The van der Waals surface area contributed by atoms with Gasteiger partial charge in [0.2, 0.25) is 0 Å². The van der Waals surface area contributed by atoms with Gasteiger partial charge in [0.1, 0.15) is 5.69 Å². The van der Waals surface area contributed by atoms with Crippen molar-refractivity contribution in [1.82, 2.24) is 0 Å². The molecular weight excluding hydrogens is 220 g/mol. The topological polar surface area (TPSA) is 66.6 Å². The SMILES string of the molecule is Cc1ccc(N(CCO)C(C)C)c([N+](=O)[O-])c1. The summed E-state index contributed by atoms with van der Waals surface area (Å²) in [6.45, 7) is 6.08. The van der Waals surface area contributed by atoms with Gasteiger partial charge in [-0.3, -0.25) is 10.1 Å². The van der Waals surface area contributed by atoms with Gasteiger partial charge in [0.15, 0.2) is 0 Å². The van der Waals surface area contributed by atoms with Gasteiger partial charge in [-0.25, -0.2) is 0 Å². The van der Waals surface area contributed by atoms with Crippen molar-refractivity contribution in [2.45, 2.75) is 26.8 Å². The highest BCUT2D eigenvalue weighted by molar-refractivity contribution is 5.64. The van der Waals surface area contributed by atoms with Crippen LogP contribution in [-0.2, 0) is 0 Å². The molecule has 0 fully saturated rings. The lowest BCUT2D eigenvalue weighted by atomic mass is 10.1. The minimum Gasteiger partial charge on any atom is -0.395 e. The van der Waals surface area contributed by atoms with Crippen molar-refractivity contribution in [2.24, 2.45) is 0 Å². The molecule has 1 rings (SSSR count). The molecular formula is C12H18N2O3. The van der Waals surface area contributed by atoms with Crippen LogP contribution in [0, 0.1) is 17.0 Å². The summed E-state index contributed by atoms with van der Waals surface area (Å²) in [5, 5.41) is 20.0. The summed E-state index contributed by atoms with van der Waals surface area (Å²) in [5.74, 6) is 0. The number of aliphatic hydroxyl groups excluding tert-OH is 1. The number of nitro benzene ring substituents is 1. The molecule has 0 spiro atoms. The Morgan fingerprint density at radius 2 is 2.12 bits per heavy atom. The fourth-order valence-electron chi connectivity index (χ4n) is 1.79. The summed E-state index contributed by atoms with van der Waals surface area (Å²) in [4.78, 5) is 12.5. The molecule has 0 aromatic heterocycles. The van der Waals surface area contributed by atoms with E-state index in [1.165, 1.54) is 0 Å². The molecule has 5 heteroatoms. The third kappa shape index (κ3) is 3.17. The predicted octanol–water partition coefficient (Wildman–Crippen LogP) is 2.11. The van der Waals surface area contributed by atoms with Crippen molar-refractivity contribution < 1.29 is 10.0 Å². The first-order valence-electron chi connectivity index (χ1n) is 5.60. The number of benzene rings is 1. The molecule has 0 aliphatic carbocycles. The number of rotatable bonds is 5. The fraction of sp³-hybridized carbons (Fsp3) is 0.500. The molecule has 94 valence electrons. The zero-order valence-electron chi connectivity index (χ0n) is 10.4. The van der Waals surface area contributed by atoms with Crippen molar-refractivity contribution in [3.8, 4) is 0 Å². The molecule has 0 aliphatic heterocycles. The minimum atomic E-state index is -0.380. The maximum Gasteiger partial charge on any atom is 0.292 e. The largest absolute Gasteiger partial charge is 0.395 e. The number of nitrogens with zero attached hydrogens (tertiary/aromatic N) is 2. The van der Waals surface area contributed by atoms with Gasteiger partial charge in [0.25, 0.3) is 5.69 Å². The molecule has 1 N–H and O–H groups in total. The average Bonchev–Trinajstić information content (AvgIpc) is 2.26. The van der Waals surface area contributed by atoms with Gasteiger partial charge in [-0.15, -0.1) is 0 Å². The van der Waals surface area contributed by atoms with E-state index in [2.05, 4.69) is 0 Å². The molecule has 0 bridgehead atoms. The lowest BCUT2D eigenvalue weighted by molar-refractivity contribution is -0.384. The van der Waals surface area contributed by atoms with E-state index in [9.17, 15) is 10.1 Å². The number of anilines is 1. The second-order valence-corrected chi connectivity index (χ2v) is 4.26. The highest BCUT2D eigenvalue weighted by Gasteiger charge is 2.20. The molecule has 1 aromatic rings. The zero-order valence-corrected chi connectivity index (χ0v) is 10.4. The van der Waals surface area contributed by atoms with Crippen LogP contribution in [0.2, 0.25) is 0 Å². The molecule has 0 atom stereocenters. The van der Waals surface area contributed by atoms with Crippen LogP contribution in [0.15, 0.2) is 18.2 Å². The molecule has 0 unspecified atom stereocenters. The Bertz CT molecular complexity index is 405. The van der Waals surface area contributed by atoms with E-state index in [1.54, 1.807) is 12.1 Å². The lowest BCUT2D eigenvalue weighted by Crippen LogP contribution is -2.33. The van der Waals surface area contributed by atoms with Gasteiger partial charge >= 0.3 is 0 Å². The maximum atomic E-state index is 11.0. The summed E-state index contributed by atoms with van der Waals surface area (Å²) in [6.07, 6.45) is 0. The molecule has 5 nitrogen and oxygen atoms in total. The smallest absolute Gasteiger partial charge is 0.292 e. The third-order valence-electron chi connectivity index (χ3n) is 2.60. The monoisotopic (exact) mass is 238 g/mol. The zero-order chi connectivity index (χ0) is 13.0. The van der Waals surface area contributed by atoms with Crippen molar-refractivity contribution >= 4 is 11.4 Å².